The summed E-state index contributed by atoms with van der Waals surface area (Å²) in [6.45, 7) is 0. The Balaban J connectivity index is 1.29. The van der Waals surface area contributed by atoms with Crippen LogP contribution in [0.2, 0.25) is 0 Å². The number of hydrogen-bond acceptors (Lipinski definition) is 8. The Bertz CT molecular complexity index is 2040. The topological polar surface area (TPSA) is 90.9 Å². The second kappa shape index (κ2) is 10.5. The van der Waals surface area contributed by atoms with E-state index in [1.165, 1.54) is 0 Å². The van der Waals surface area contributed by atoms with Gasteiger partial charge < -0.3 is 10.6 Å². The number of rotatable bonds is 4. The predicted molar refractivity (Wildman–Crippen MR) is 180 cm³/mol. The molecule has 0 aliphatic carbocycles. The van der Waals surface area contributed by atoms with Crippen molar-refractivity contribution in [3.8, 4) is 11.4 Å². The molecule has 46 heavy (non-hydrogen) atoms. The molecule has 0 fully saturated rings. The van der Waals surface area contributed by atoms with E-state index in [0.29, 0.717) is 34.7 Å². The van der Waals surface area contributed by atoms with Gasteiger partial charge in [-0.15, -0.1) is 10.2 Å². The monoisotopic (exact) mass is 598 g/mol. The van der Waals surface area contributed by atoms with Crippen molar-refractivity contribution in [3.05, 3.63) is 168 Å². The van der Waals surface area contributed by atoms with Gasteiger partial charge in [0.2, 0.25) is 0 Å². The van der Waals surface area contributed by atoms with Crippen LogP contribution in [-0.4, -0.2) is 30.8 Å². The van der Waals surface area contributed by atoms with Gasteiger partial charge in [-0.25, -0.2) is 20.0 Å². The Labute approximate surface area is 264 Å². The fourth-order valence-electron chi connectivity index (χ4n) is 5.72. The van der Waals surface area contributed by atoms with E-state index in [0.717, 1.165) is 34.4 Å². The number of anilines is 2. The SMILES string of the molecule is C1=C2NC(=NN2c2ccccc2)c2cn(-c3ccccc3)c(n2)C=C2NC(=NN2c2ccccc2)c2cn(-c3ccccc3)c1n2. The summed E-state index contributed by atoms with van der Waals surface area (Å²) in [5.41, 5.74) is 5.15. The Morgan fingerprint density at radius 3 is 1.13 bits per heavy atom. The number of aromatic nitrogens is 4. The van der Waals surface area contributed by atoms with Crippen molar-refractivity contribution in [1.82, 2.24) is 29.7 Å². The lowest BCUT2D eigenvalue weighted by molar-refractivity contribution is 0.985. The first kappa shape index (κ1) is 25.8. The molecule has 3 aliphatic heterocycles. The lowest BCUT2D eigenvalue weighted by Gasteiger charge is -2.15. The first-order valence-corrected chi connectivity index (χ1v) is 14.9. The van der Waals surface area contributed by atoms with Crippen LogP contribution in [0.1, 0.15) is 23.0 Å². The van der Waals surface area contributed by atoms with Gasteiger partial charge >= 0.3 is 0 Å². The number of amidine groups is 2. The molecule has 0 amide bonds. The highest BCUT2D eigenvalue weighted by Gasteiger charge is 2.30. The summed E-state index contributed by atoms with van der Waals surface area (Å²) in [6.07, 6.45) is 8.01. The molecule has 6 aromatic rings. The van der Waals surface area contributed by atoms with Crippen molar-refractivity contribution in [1.29, 1.82) is 0 Å². The van der Waals surface area contributed by atoms with Crippen molar-refractivity contribution in [2.24, 2.45) is 10.2 Å². The Morgan fingerprint density at radius 2 is 0.761 bits per heavy atom. The Hall–Kier alpha value is -6.68. The van der Waals surface area contributed by atoms with Crippen LogP contribution in [0.3, 0.4) is 0 Å². The number of hydrazone groups is 2. The first-order valence-electron chi connectivity index (χ1n) is 14.9. The van der Waals surface area contributed by atoms with Crippen LogP contribution in [0.5, 0.6) is 0 Å². The first-order chi connectivity index (χ1) is 22.8. The summed E-state index contributed by atoms with van der Waals surface area (Å²) in [7, 11) is 0. The summed E-state index contributed by atoms with van der Waals surface area (Å²) in [5, 5.41) is 20.9. The smallest absolute Gasteiger partial charge is 0.180 e. The van der Waals surface area contributed by atoms with Crippen molar-refractivity contribution in [3.63, 3.8) is 0 Å². The molecule has 10 heteroatoms. The molecular weight excluding hydrogens is 572 g/mol. The van der Waals surface area contributed by atoms with Gasteiger partial charge in [0, 0.05) is 35.9 Å². The van der Waals surface area contributed by atoms with Crippen molar-refractivity contribution in [2.45, 2.75) is 0 Å². The highest BCUT2D eigenvalue weighted by Crippen LogP contribution is 2.29. The molecule has 10 nitrogen and oxygen atoms in total. The van der Waals surface area contributed by atoms with Crippen LogP contribution in [0, 0.1) is 0 Å². The minimum atomic E-state index is 0.621. The summed E-state index contributed by atoms with van der Waals surface area (Å²) >= 11 is 0. The van der Waals surface area contributed by atoms with Crippen molar-refractivity contribution in [2.75, 3.05) is 10.0 Å². The fourth-order valence-corrected chi connectivity index (χ4v) is 5.72. The number of hydrogen-bond donors (Lipinski definition) is 2. The van der Waals surface area contributed by atoms with Gasteiger partial charge in [-0.3, -0.25) is 9.13 Å². The van der Waals surface area contributed by atoms with E-state index in [-0.39, 0.29) is 0 Å². The van der Waals surface area contributed by atoms with Crippen molar-refractivity contribution >= 4 is 35.2 Å². The molecule has 5 heterocycles. The van der Waals surface area contributed by atoms with E-state index >= 15 is 0 Å². The summed E-state index contributed by atoms with van der Waals surface area (Å²) < 4.78 is 4.12. The second-order valence-corrected chi connectivity index (χ2v) is 10.9. The number of nitrogens with one attached hydrogen (secondary N) is 2. The van der Waals surface area contributed by atoms with Crippen LogP contribution >= 0.6 is 0 Å². The molecule has 0 radical (unpaired) electrons. The van der Waals surface area contributed by atoms with Crippen LogP contribution in [-0.2, 0) is 0 Å². The van der Waals surface area contributed by atoms with Crippen LogP contribution in [0.25, 0.3) is 23.5 Å². The average molecular weight is 599 g/mol. The third-order valence-electron chi connectivity index (χ3n) is 7.90. The van der Waals surface area contributed by atoms with Gasteiger partial charge in [-0.2, -0.15) is 0 Å². The maximum absolute atomic E-state index is 5.11. The maximum atomic E-state index is 5.11. The fraction of sp³-hybridized carbons (Fsp3) is 0. The van der Waals surface area contributed by atoms with E-state index in [4.69, 9.17) is 20.2 Å². The van der Waals surface area contributed by atoms with Gasteiger partial charge in [-0.05, 0) is 48.5 Å². The van der Waals surface area contributed by atoms with Crippen LogP contribution in [0.4, 0.5) is 11.4 Å². The highest BCUT2D eigenvalue weighted by atomic mass is 15.6. The van der Waals surface area contributed by atoms with Crippen LogP contribution in [0.15, 0.2) is 156 Å². The largest absolute Gasteiger partial charge is 0.321 e. The normalized spacial score (nSPS) is 14.9. The maximum Gasteiger partial charge on any atom is 0.180 e. The third kappa shape index (κ3) is 4.44. The minimum Gasteiger partial charge on any atom is -0.321 e. The van der Waals surface area contributed by atoms with Crippen LogP contribution < -0.4 is 20.7 Å². The zero-order valence-corrected chi connectivity index (χ0v) is 24.4. The van der Waals surface area contributed by atoms with Crippen molar-refractivity contribution < 1.29 is 0 Å². The quantitative estimate of drug-likeness (QED) is 0.262. The lowest BCUT2D eigenvalue weighted by Crippen LogP contribution is -2.23. The Kier molecular flexibility index (Phi) is 5.88. The third-order valence-corrected chi connectivity index (χ3v) is 7.90. The molecule has 2 N–H and O–H groups in total. The van der Waals surface area contributed by atoms with E-state index in [9.17, 15) is 0 Å². The Morgan fingerprint density at radius 1 is 0.413 bits per heavy atom. The average Bonchev–Trinajstić information content (AvgIpc) is 3.92. The summed E-state index contributed by atoms with van der Waals surface area (Å²) in [6, 6.07) is 40.4. The molecule has 0 saturated carbocycles. The van der Waals surface area contributed by atoms with E-state index < -0.39 is 0 Å². The lowest BCUT2D eigenvalue weighted by atomic mass is 10.3. The van der Waals surface area contributed by atoms with E-state index in [1.54, 1.807) is 0 Å². The number of nitrogens with zero attached hydrogens (tertiary/aromatic N) is 8. The molecule has 220 valence electrons. The highest BCUT2D eigenvalue weighted by molar-refractivity contribution is 6.04. The zero-order chi connectivity index (χ0) is 30.5. The van der Waals surface area contributed by atoms with E-state index in [1.807, 2.05) is 132 Å². The molecular formula is C36H26N10. The number of benzene rings is 4. The molecule has 8 bridgehead atoms. The number of imidazole rings is 2. The standard InChI is InChI=1S/C36H26N10/c1-5-13-25(14-6-1)43-23-29-35-40-34(46(41-35)28-19-11-4-12-20-28)22-32-38-30(24-44(32)26-15-7-2-8-16-26)36-39-33(21-31(43)37-29)45(42-36)27-17-9-3-10-18-27/h1-24H,(H,39,42)(H,40,41). The summed E-state index contributed by atoms with van der Waals surface area (Å²) in [5.74, 6) is 4.15. The molecule has 0 unspecified atom stereocenters. The number of fused-ring (bicyclic) bond motifs is 10. The minimum absolute atomic E-state index is 0.621. The molecule has 3 aliphatic rings. The molecule has 0 spiro atoms. The molecule has 0 saturated heterocycles. The predicted octanol–water partition coefficient (Wildman–Crippen LogP) is 5.91. The number of para-hydroxylation sites is 4. The second-order valence-electron chi connectivity index (χ2n) is 10.9. The van der Waals surface area contributed by atoms with Gasteiger partial charge in [0.25, 0.3) is 0 Å². The molecule has 9 rings (SSSR count). The summed E-state index contributed by atoms with van der Waals surface area (Å²) in [4.78, 5) is 10.2. The molecule has 0 atom stereocenters. The van der Waals surface area contributed by atoms with Gasteiger partial charge in [0.1, 0.15) is 34.7 Å². The molecule has 4 aromatic carbocycles. The molecule has 2 aromatic heterocycles. The van der Waals surface area contributed by atoms with Gasteiger partial charge in [-0.1, -0.05) is 72.8 Å². The van der Waals surface area contributed by atoms with Gasteiger partial charge in [0.15, 0.2) is 11.7 Å². The van der Waals surface area contributed by atoms with Gasteiger partial charge in [0.05, 0.1) is 11.4 Å². The zero-order valence-electron chi connectivity index (χ0n) is 24.4. The van der Waals surface area contributed by atoms with E-state index in [2.05, 4.69) is 44.0 Å².